The monoisotopic (exact) mass is 350 g/mol. The second-order valence-corrected chi connectivity index (χ2v) is 7.42. The van der Waals surface area contributed by atoms with Crippen LogP contribution in [0.25, 0.3) is 0 Å². The third-order valence-electron chi connectivity index (χ3n) is 4.92. The van der Waals surface area contributed by atoms with Crippen molar-refractivity contribution in [2.75, 3.05) is 38.7 Å². The number of benzene rings is 1. The maximum atomic E-state index is 5.73. The SMILES string of the molecule is COCCN(C(=S)Nc1cccc(C)c1)C1CC[NH+](C(C)C)CC1. The molecule has 1 heterocycles. The first-order valence-corrected chi connectivity index (χ1v) is 9.40. The van der Waals surface area contributed by atoms with Crippen molar-refractivity contribution in [3.05, 3.63) is 29.8 Å². The average Bonchev–Trinajstić information content (AvgIpc) is 2.55. The Hall–Kier alpha value is -1.17. The van der Waals surface area contributed by atoms with E-state index in [2.05, 4.69) is 55.3 Å². The summed E-state index contributed by atoms with van der Waals surface area (Å²) in [6.07, 6.45) is 2.37. The van der Waals surface area contributed by atoms with Gasteiger partial charge in [0.25, 0.3) is 0 Å². The Morgan fingerprint density at radius 1 is 1.38 bits per heavy atom. The Balaban J connectivity index is 2.00. The van der Waals surface area contributed by atoms with Crippen molar-refractivity contribution < 1.29 is 9.64 Å². The molecule has 0 aromatic heterocycles. The molecule has 1 aliphatic rings. The van der Waals surface area contributed by atoms with Crippen LogP contribution in [0.15, 0.2) is 24.3 Å². The van der Waals surface area contributed by atoms with E-state index in [-0.39, 0.29) is 0 Å². The molecule has 1 aromatic rings. The molecule has 5 heteroatoms. The number of nitrogens with one attached hydrogen (secondary N) is 2. The van der Waals surface area contributed by atoms with Gasteiger partial charge in [0, 0.05) is 38.2 Å². The molecule has 0 bridgehead atoms. The molecule has 24 heavy (non-hydrogen) atoms. The zero-order chi connectivity index (χ0) is 17.5. The summed E-state index contributed by atoms with van der Waals surface area (Å²) in [5, 5.41) is 4.23. The molecule has 1 fully saturated rings. The Bertz CT molecular complexity index is 527. The van der Waals surface area contributed by atoms with Gasteiger partial charge in [0.1, 0.15) is 0 Å². The molecule has 2 rings (SSSR count). The second kappa shape index (κ2) is 9.35. The highest BCUT2D eigenvalue weighted by Gasteiger charge is 2.29. The van der Waals surface area contributed by atoms with Crippen molar-refractivity contribution in [1.29, 1.82) is 0 Å². The average molecular weight is 351 g/mol. The molecule has 0 spiro atoms. The molecule has 0 amide bonds. The fourth-order valence-electron chi connectivity index (χ4n) is 3.42. The third kappa shape index (κ3) is 5.43. The van der Waals surface area contributed by atoms with Crippen LogP contribution in [0, 0.1) is 6.92 Å². The lowest BCUT2D eigenvalue weighted by Gasteiger charge is -2.39. The van der Waals surface area contributed by atoms with Crippen LogP contribution in [0.1, 0.15) is 32.3 Å². The van der Waals surface area contributed by atoms with Crippen molar-refractivity contribution >= 4 is 23.0 Å². The van der Waals surface area contributed by atoms with Crippen LogP contribution >= 0.6 is 12.2 Å². The minimum atomic E-state index is 0.507. The van der Waals surface area contributed by atoms with Crippen molar-refractivity contribution in [3.8, 4) is 0 Å². The maximum Gasteiger partial charge on any atom is 0.173 e. The quantitative estimate of drug-likeness (QED) is 0.769. The van der Waals surface area contributed by atoms with E-state index in [1.807, 2.05) is 0 Å². The molecule has 4 nitrogen and oxygen atoms in total. The number of piperidine rings is 1. The smallest absolute Gasteiger partial charge is 0.173 e. The van der Waals surface area contributed by atoms with Gasteiger partial charge in [0.15, 0.2) is 5.11 Å². The molecular formula is C19H32N3OS+. The number of nitrogens with zero attached hydrogens (tertiary/aromatic N) is 1. The Labute approximate surface area is 152 Å². The molecule has 1 aromatic carbocycles. The van der Waals surface area contributed by atoms with Crippen molar-refractivity contribution in [1.82, 2.24) is 4.90 Å². The summed E-state index contributed by atoms with van der Waals surface area (Å²) in [5.74, 6) is 0. The Kier molecular flexibility index (Phi) is 7.46. The number of likely N-dealkylation sites (tertiary alicyclic amines) is 1. The Morgan fingerprint density at radius 3 is 2.67 bits per heavy atom. The highest BCUT2D eigenvalue weighted by Crippen LogP contribution is 2.15. The first-order chi connectivity index (χ1) is 11.5. The van der Waals surface area contributed by atoms with Gasteiger partial charge in [-0.1, -0.05) is 12.1 Å². The lowest BCUT2D eigenvalue weighted by atomic mass is 10.0. The van der Waals surface area contributed by atoms with Gasteiger partial charge in [-0.2, -0.15) is 0 Å². The summed E-state index contributed by atoms with van der Waals surface area (Å²) in [5.41, 5.74) is 2.30. The number of quaternary nitrogens is 1. The lowest BCUT2D eigenvalue weighted by Crippen LogP contribution is -3.16. The van der Waals surface area contributed by atoms with Crippen molar-refractivity contribution in [3.63, 3.8) is 0 Å². The van der Waals surface area contributed by atoms with Crippen molar-refractivity contribution in [2.24, 2.45) is 0 Å². The summed E-state index contributed by atoms with van der Waals surface area (Å²) in [7, 11) is 1.75. The van der Waals surface area contributed by atoms with Gasteiger partial charge >= 0.3 is 0 Å². The van der Waals surface area contributed by atoms with Gasteiger partial charge < -0.3 is 19.9 Å². The van der Waals surface area contributed by atoms with Gasteiger partial charge in [0.05, 0.1) is 25.7 Å². The van der Waals surface area contributed by atoms with Crippen LogP contribution < -0.4 is 10.2 Å². The molecule has 0 unspecified atom stereocenters. The molecule has 134 valence electrons. The Morgan fingerprint density at radius 2 is 2.08 bits per heavy atom. The fraction of sp³-hybridized carbons (Fsp3) is 0.632. The zero-order valence-electron chi connectivity index (χ0n) is 15.5. The van der Waals surface area contributed by atoms with E-state index in [9.17, 15) is 0 Å². The fourth-order valence-corrected chi connectivity index (χ4v) is 3.78. The normalized spacial score (nSPS) is 20.9. The zero-order valence-corrected chi connectivity index (χ0v) is 16.3. The van der Waals surface area contributed by atoms with Gasteiger partial charge in [-0.15, -0.1) is 0 Å². The minimum Gasteiger partial charge on any atom is -0.383 e. The summed E-state index contributed by atoms with van der Waals surface area (Å²) < 4.78 is 5.31. The van der Waals surface area contributed by atoms with E-state index in [1.54, 1.807) is 12.0 Å². The molecule has 2 N–H and O–H groups in total. The number of methoxy groups -OCH3 is 1. The molecule has 0 radical (unpaired) electrons. The third-order valence-corrected chi connectivity index (χ3v) is 5.26. The van der Waals surface area contributed by atoms with Crippen LogP contribution in [0.2, 0.25) is 0 Å². The van der Waals surface area contributed by atoms with Crippen LogP contribution in [0.5, 0.6) is 0 Å². The van der Waals surface area contributed by atoms with Crippen LogP contribution in [-0.4, -0.2) is 55.4 Å². The van der Waals surface area contributed by atoms with Crippen LogP contribution in [0.4, 0.5) is 5.69 Å². The topological polar surface area (TPSA) is 28.9 Å². The number of hydrogen-bond acceptors (Lipinski definition) is 2. The number of hydrogen-bond donors (Lipinski definition) is 2. The van der Waals surface area contributed by atoms with E-state index >= 15 is 0 Å². The standard InChI is InChI=1S/C19H31N3OS/c1-15(2)21-10-8-18(9-11-21)22(12-13-23-4)19(24)20-17-7-5-6-16(3)14-17/h5-7,14-15,18H,8-13H2,1-4H3,(H,20,24)/p+1. The van der Waals surface area contributed by atoms with Crippen LogP contribution in [-0.2, 0) is 4.74 Å². The van der Waals surface area contributed by atoms with Gasteiger partial charge in [0.2, 0.25) is 0 Å². The lowest BCUT2D eigenvalue weighted by molar-refractivity contribution is -0.926. The van der Waals surface area contributed by atoms with Gasteiger partial charge in [-0.05, 0) is 50.7 Å². The van der Waals surface area contributed by atoms with Crippen LogP contribution in [0.3, 0.4) is 0 Å². The molecular weight excluding hydrogens is 318 g/mol. The highest BCUT2D eigenvalue weighted by atomic mass is 32.1. The number of rotatable bonds is 6. The molecule has 1 saturated heterocycles. The number of ether oxygens (including phenoxy) is 1. The van der Waals surface area contributed by atoms with E-state index in [0.717, 1.165) is 17.3 Å². The highest BCUT2D eigenvalue weighted by molar-refractivity contribution is 7.80. The minimum absolute atomic E-state index is 0.507. The predicted octanol–water partition coefficient (Wildman–Crippen LogP) is 2.10. The summed E-state index contributed by atoms with van der Waals surface area (Å²) in [4.78, 5) is 4.04. The van der Waals surface area contributed by atoms with E-state index in [4.69, 9.17) is 17.0 Å². The second-order valence-electron chi connectivity index (χ2n) is 7.03. The van der Waals surface area contributed by atoms with Gasteiger partial charge in [-0.3, -0.25) is 0 Å². The molecule has 0 aliphatic carbocycles. The first kappa shape index (κ1) is 19.2. The first-order valence-electron chi connectivity index (χ1n) is 8.99. The maximum absolute atomic E-state index is 5.73. The summed E-state index contributed by atoms with van der Waals surface area (Å²) >= 11 is 5.73. The number of anilines is 1. The van der Waals surface area contributed by atoms with E-state index in [0.29, 0.717) is 18.7 Å². The summed E-state index contributed by atoms with van der Waals surface area (Å²) in [6.45, 7) is 10.7. The van der Waals surface area contributed by atoms with Crippen molar-refractivity contribution in [2.45, 2.75) is 45.7 Å². The molecule has 0 saturated carbocycles. The summed E-state index contributed by atoms with van der Waals surface area (Å²) in [6, 6.07) is 9.57. The predicted molar refractivity (Wildman–Crippen MR) is 105 cm³/mol. The number of aryl methyl sites for hydroxylation is 1. The van der Waals surface area contributed by atoms with E-state index in [1.165, 1.54) is 31.5 Å². The molecule has 0 atom stereocenters. The van der Waals surface area contributed by atoms with Gasteiger partial charge in [-0.25, -0.2) is 0 Å². The van der Waals surface area contributed by atoms with E-state index < -0.39 is 0 Å². The molecule has 1 aliphatic heterocycles. The number of thiocarbonyl (C=S) groups is 1. The largest absolute Gasteiger partial charge is 0.383 e.